The van der Waals surface area contributed by atoms with Crippen molar-refractivity contribution in [2.45, 2.75) is 6.92 Å². The summed E-state index contributed by atoms with van der Waals surface area (Å²) in [6.07, 6.45) is 0. The molecule has 23 heavy (non-hydrogen) atoms. The Kier molecular flexibility index (Phi) is 4.95. The van der Waals surface area contributed by atoms with E-state index in [1.165, 1.54) is 31.4 Å². The summed E-state index contributed by atoms with van der Waals surface area (Å²) < 4.78 is 23.2. The summed E-state index contributed by atoms with van der Waals surface area (Å²) in [5, 5.41) is 9.69. The summed E-state index contributed by atoms with van der Waals surface area (Å²) in [6, 6.07) is 8.16. The molecule has 120 valence electrons. The molecule has 0 fully saturated rings. The summed E-state index contributed by atoms with van der Waals surface area (Å²) in [6.45, 7) is 1.20. The molecule has 0 saturated carbocycles. The standard InChI is InChI=1S/C17H15FO5/c1-10-3-5-12(14(19)7-10)17(21)23-9-15(20)11-4-6-16(22-2)13(18)8-11/h3-8,19H,9H2,1-2H3. The fourth-order valence-corrected chi connectivity index (χ4v) is 1.95. The second kappa shape index (κ2) is 6.91. The lowest BCUT2D eigenvalue weighted by molar-refractivity contribution is 0.0471. The summed E-state index contributed by atoms with van der Waals surface area (Å²) in [4.78, 5) is 23.8. The molecule has 2 aromatic carbocycles. The third-order valence-corrected chi connectivity index (χ3v) is 3.18. The number of halogens is 1. The molecular formula is C17H15FO5. The van der Waals surface area contributed by atoms with Gasteiger partial charge < -0.3 is 14.6 Å². The lowest BCUT2D eigenvalue weighted by Gasteiger charge is -2.07. The molecule has 0 spiro atoms. The average Bonchev–Trinajstić information content (AvgIpc) is 2.52. The van der Waals surface area contributed by atoms with Crippen LogP contribution in [-0.4, -0.2) is 30.6 Å². The van der Waals surface area contributed by atoms with Crippen LogP contribution in [0.5, 0.6) is 11.5 Å². The lowest BCUT2D eigenvalue weighted by Crippen LogP contribution is -2.14. The second-order valence-electron chi connectivity index (χ2n) is 4.87. The van der Waals surface area contributed by atoms with Gasteiger partial charge in [-0.05, 0) is 42.8 Å². The third kappa shape index (κ3) is 3.85. The van der Waals surface area contributed by atoms with E-state index in [-0.39, 0.29) is 22.6 Å². The molecule has 6 heteroatoms. The van der Waals surface area contributed by atoms with Crippen LogP contribution in [0.1, 0.15) is 26.3 Å². The van der Waals surface area contributed by atoms with Crippen molar-refractivity contribution in [3.8, 4) is 11.5 Å². The van der Waals surface area contributed by atoms with E-state index in [1.807, 2.05) is 0 Å². The third-order valence-electron chi connectivity index (χ3n) is 3.18. The fraction of sp³-hybridized carbons (Fsp3) is 0.176. The number of rotatable bonds is 5. The summed E-state index contributed by atoms with van der Waals surface area (Å²) in [5.74, 6) is -2.28. The van der Waals surface area contributed by atoms with Crippen LogP contribution in [0.2, 0.25) is 0 Å². The van der Waals surface area contributed by atoms with Crippen molar-refractivity contribution in [3.63, 3.8) is 0 Å². The molecule has 0 bridgehead atoms. The van der Waals surface area contributed by atoms with Crippen molar-refractivity contribution < 1.29 is 28.6 Å². The zero-order valence-corrected chi connectivity index (χ0v) is 12.6. The van der Waals surface area contributed by atoms with Gasteiger partial charge in [0, 0.05) is 5.56 Å². The number of phenols is 1. The Hall–Kier alpha value is -2.89. The van der Waals surface area contributed by atoms with Crippen molar-refractivity contribution in [3.05, 3.63) is 58.9 Å². The summed E-state index contributed by atoms with van der Waals surface area (Å²) in [7, 11) is 1.32. The molecule has 0 saturated heterocycles. The minimum Gasteiger partial charge on any atom is -0.507 e. The first-order valence-corrected chi connectivity index (χ1v) is 6.76. The van der Waals surface area contributed by atoms with Gasteiger partial charge in [0.2, 0.25) is 0 Å². The zero-order valence-electron chi connectivity index (χ0n) is 12.6. The van der Waals surface area contributed by atoms with Crippen molar-refractivity contribution in [1.82, 2.24) is 0 Å². The number of hydrogen-bond donors (Lipinski definition) is 1. The molecule has 0 aliphatic carbocycles. The highest BCUT2D eigenvalue weighted by Gasteiger charge is 2.16. The molecular weight excluding hydrogens is 303 g/mol. The zero-order chi connectivity index (χ0) is 17.0. The molecule has 1 N–H and O–H groups in total. The van der Waals surface area contributed by atoms with E-state index in [2.05, 4.69) is 0 Å². The van der Waals surface area contributed by atoms with Crippen LogP contribution in [0.3, 0.4) is 0 Å². The molecule has 0 unspecified atom stereocenters. The molecule has 0 heterocycles. The number of aromatic hydroxyl groups is 1. The number of phenolic OH excluding ortho intramolecular Hbond substituents is 1. The Bertz CT molecular complexity index is 755. The van der Waals surface area contributed by atoms with Crippen molar-refractivity contribution in [2.75, 3.05) is 13.7 Å². The number of aryl methyl sites for hydroxylation is 1. The maximum atomic E-state index is 13.5. The summed E-state index contributed by atoms with van der Waals surface area (Å²) >= 11 is 0. The average molecular weight is 318 g/mol. The molecule has 2 rings (SSSR count). The van der Waals surface area contributed by atoms with Gasteiger partial charge in [0.1, 0.15) is 11.3 Å². The number of ketones is 1. The number of benzene rings is 2. The largest absolute Gasteiger partial charge is 0.507 e. The maximum absolute atomic E-state index is 13.5. The molecule has 0 atom stereocenters. The highest BCUT2D eigenvalue weighted by atomic mass is 19.1. The SMILES string of the molecule is COc1ccc(C(=O)COC(=O)c2ccc(C)cc2O)cc1F. The van der Waals surface area contributed by atoms with E-state index in [1.54, 1.807) is 13.0 Å². The monoisotopic (exact) mass is 318 g/mol. The number of ether oxygens (including phenoxy) is 2. The topological polar surface area (TPSA) is 72.8 Å². The van der Waals surface area contributed by atoms with E-state index >= 15 is 0 Å². The predicted octanol–water partition coefficient (Wildman–Crippen LogP) is 2.89. The number of hydrogen-bond acceptors (Lipinski definition) is 5. The minimum atomic E-state index is -0.829. The molecule has 0 amide bonds. The van der Waals surface area contributed by atoms with Crippen molar-refractivity contribution in [2.24, 2.45) is 0 Å². The smallest absolute Gasteiger partial charge is 0.342 e. The van der Waals surface area contributed by atoms with Gasteiger partial charge in [-0.2, -0.15) is 0 Å². The van der Waals surface area contributed by atoms with Crippen LogP contribution in [-0.2, 0) is 4.74 Å². The van der Waals surface area contributed by atoms with Gasteiger partial charge in [0.25, 0.3) is 0 Å². The lowest BCUT2D eigenvalue weighted by atomic mass is 10.1. The van der Waals surface area contributed by atoms with Crippen LogP contribution in [0, 0.1) is 12.7 Å². The molecule has 2 aromatic rings. The highest BCUT2D eigenvalue weighted by Crippen LogP contribution is 2.20. The fourth-order valence-electron chi connectivity index (χ4n) is 1.95. The quantitative estimate of drug-likeness (QED) is 0.678. The van der Waals surface area contributed by atoms with Gasteiger partial charge in [-0.25, -0.2) is 9.18 Å². The van der Waals surface area contributed by atoms with E-state index in [0.717, 1.165) is 11.6 Å². The molecule has 5 nitrogen and oxygen atoms in total. The number of carbonyl (C=O) groups excluding carboxylic acids is 2. The van der Waals surface area contributed by atoms with E-state index in [9.17, 15) is 19.1 Å². The first-order chi connectivity index (χ1) is 10.9. The van der Waals surface area contributed by atoms with E-state index < -0.39 is 24.2 Å². The van der Waals surface area contributed by atoms with Gasteiger partial charge in [-0.1, -0.05) is 6.07 Å². The van der Waals surface area contributed by atoms with Gasteiger partial charge in [-0.15, -0.1) is 0 Å². The Labute approximate surface area is 132 Å². The van der Waals surface area contributed by atoms with E-state index in [0.29, 0.717) is 0 Å². The minimum absolute atomic E-state index is 0.0168. The number of methoxy groups -OCH3 is 1. The van der Waals surface area contributed by atoms with E-state index in [4.69, 9.17) is 9.47 Å². The van der Waals surface area contributed by atoms with Gasteiger partial charge >= 0.3 is 5.97 Å². The van der Waals surface area contributed by atoms with Crippen LogP contribution >= 0.6 is 0 Å². The summed E-state index contributed by atoms with van der Waals surface area (Å²) in [5.41, 5.74) is 0.803. The highest BCUT2D eigenvalue weighted by molar-refractivity contribution is 6.00. The van der Waals surface area contributed by atoms with Gasteiger partial charge in [0.15, 0.2) is 24.0 Å². The maximum Gasteiger partial charge on any atom is 0.342 e. The molecule has 0 aliphatic heterocycles. The van der Waals surface area contributed by atoms with Crippen molar-refractivity contribution >= 4 is 11.8 Å². The molecule has 0 aliphatic rings. The predicted molar refractivity (Wildman–Crippen MR) is 80.4 cm³/mol. The second-order valence-corrected chi connectivity index (χ2v) is 4.87. The van der Waals surface area contributed by atoms with Crippen molar-refractivity contribution in [1.29, 1.82) is 0 Å². The first-order valence-electron chi connectivity index (χ1n) is 6.76. The van der Waals surface area contributed by atoms with Crippen LogP contribution in [0.25, 0.3) is 0 Å². The van der Waals surface area contributed by atoms with Gasteiger partial charge in [0.05, 0.1) is 7.11 Å². The Morgan fingerprint density at radius 1 is 1.17 bits per heavy atom. The number of carbonyl (C=O) groups is 2. The first kappa shape index (κ1) is 16.5. The molecule has 0 radical (unpaired) electrons. The number of Topliss-reactive ketones (excluding diaryl/α,β-unsaturated/α-hetero) is 1. The Morgan fingerprint density at radius 3 is 2.52 bits per heavy atom. The van der Waals surface area contributed by atoms with Crippen LogP contribution in [0.4, 0.5) is 4.39 Å². The van der Waals surface area contributed by atoms with Crippen LogP contribution < -0.4 is 4.74 Å². The Morgan fingerprint density at radius 2 is 1.91 bits per heavy atom. The van der Waals surface area contributed by atoms with Gasteiger partial charge in [-0.3, -0.25) is 4.79 Å². The number of esters is 1. The van der Waals surface area contributed by atoms with Crippen LogP contribution in [0.15, 0.2) is 36.4 Å². The normalized spacial score (nSPS) is 10.2. The molecule has 0 aromatic heterocycles. The Balaban J connectivity index is 2.04.